The summed E-state index contributed by atoms with van der Waals surface area (Å²) in [5.41, 5.74) is -0.587. The van der Waals surface area contributed by atoms with Crippen LogP contribution >= 0.6 is 0 Å². The number of amides is 1. The van der Waals surface area contributed by atoms with Gasteiger partial charge in [0, 0.05) is 25.5 Å². The Kier molecular flexibility index (Phi) is 5.13. The number of aliphatic carboxylic acids is 1. The van der Waals surface area contributed by atoms with Gasteiger partial charge in [0.05, 0.1) is 11.8 Å². The number of carboxylic acids is 1. The molecule has 0 spiro atoms. The van der Waals surface area contributed by atoms with Crippen LogP contribution in [-0.2, 0) is 21.4 Å². The van der Waals surface area contributed by atoms with Gasteiger partial charge >= 0.3 is 5.97 Å². The van der Waals surface area contributed by atoms with Crippen LogP contribution in [0.4, 0.5) is 0 Å². The number of aryl methyl sites for hydroxylation is 2. The van der Waals surface area contributed by atoms with E-state index in [2.05, 4.69) is 10.4 Å². The molecule has 2 rings (SSSR count). The lowest BCUT2D eigenvalue weighted by molar-refractivity contribution is -0.194. The van der Waals surface area contributed by atoms with Crippen LogP contribution in [0.2, 0.25) is 0 Å². The molecule has 0 radical (unpaired) electrons. The molecular formula is C17H27N3O5. The molecule has 2 atom stereocenters. The quantitative estimate of drug-likeness (QED) is 0.763. The molecule has 0 aliphatic heterocycles. The van der Waals surface area contributed by atoms with Crippen molar-refractivity contribution in [2.75, 3.05) is 13.2 Å². The summed E-state index contributed by atoms with van der Waals surface area (Å²) in [6.45, 7) is 9.32. The van der Waals surface area contributed by atoms with Gasteiger partial charge < -0.3 is 19.9 Å². The monoisotopic (exact) mass is 353 g/mol. The first-order valence-electron chi connectivity index (χ1n) is 8.35. The Morgan fingerprint density at radius 2 is 2.04 bits per heavy atom. The van der Waals surface area contributed by atoms with E-state index in [4.69, 9.17) is 9.47 Å². The Labute approximate surface area is 147 Å². The van der Waals surface area contributed by atoms with E-state index < -0.39 is 22.8 Å². The van der Waals surface area contributed by atoms with Crippen molar-refractivity contribution in [3.63, 3.8) is 0 Å². The predicted molar refractivity (Wildman–Crippen MR) is 90.5 cm³/mol. The van der Waals surface area contributed by atoms with E-state index in [1.807, 2.05) is 13.8 Å². The van der Waals surface area contributed by atoms with Gasteiger partial charge in [0.1, 0.15) is 11.2 Å². The van der Waals surface area contributed by atoms with E-state index in [9.17, 15) is 14.7 Å². The molecule has 1 aliphatic rings. The summed E-state index contributed by atoms with van der Waals surface area (Å²) in [5.74, 6) is -0.995. The normalized spacial score (nSPS) is 24.5. The number of aromatic nitrogens is 2. The van der Waals surface area contributed by atoms with E-state index in [-0.39, 0.29) is 19.1 Å². The maximum atomic E-state index is 12.3. The molecule has 1 amide bonds. The van der Waals surface area contributed by atoms with Crippen LogP contribution in [-0.4, -0.2) is 51.6 Å². The first-order valence-corrected chi connectivity index (χ1v) is 8.35. The minimum Gasteiger partial charge on any atom is -0.480 e. The first kappa shape index (κ1) is 19.2. The number of hydrogen-bond acceptors (Lipinski definition) is 5. The molecule has 25 heavy (non-hydrogen) atoms. The Hall–Kier alpha value is -2.09. The van der Waals surface area contributed by atoms with Crippen molar-refractivity contribution >= 4 is 11.9 Å². The number of carbonyl (C=O) groups is 2. The average molecular weight is 353 g/mol. The van der Waals surface area contributed by atoms with E-state index in [0.29, 0.717) is 18.1 Å². The van der Waals surface area contributed by atoms with E-state index >= 15 is 0 Å². The fraction of sp³-hybridized carbons (Fsp3) is 0.706. The highest BCUT2D eigenvalue weighted by molar-refractivity contribution is 5.90. The van der Waals surface area contributed by atoms with Crippen molar-refractivity contribution in [2.45, 2.75) is 52.7 Å². The molecular weight excluding hydrogens is 326 g/mol. The van der Waals surface area contributed by atoms with Gasteiger partial charge in [0.15, 0.2) is 12.4 Å². The predicted octanol–water partition coefficient (Wildman–Crippen LogP) is 1.19. The third-order valence-corrected chi connectivity index (χ3v) is 5.27. The number of nitrogens with one attached hydrogen (secondary N) is 1. The van der Waals surface area contributed by atoms with Gasteiger partial charge in [-0.15, -0.1) is 0 Å². The molecule has 2 unspecified atom stereocenters. The summed E-state index contributed by atoms with van der Waals surface area (Å²) >= 11 is 0. The summed E-state index contributed by atoms with van der Waals surface area (Å²) in [4.78, 5) is 24.2. The van der Waals surface area contributed by atoms with Gasteiger partial charge in [0.25, 0.3) is 5.91 Å². The second kappa shape index (κ2) is 6.67. The van der Waals surface area contributed by atoms with Crippen LogP contribution in [0.15, 0.2) is 0 Å². The standard InChI is InChI=1S/C17H27N3O5/c1-7-24-12-8-17(15(22)23,16(12,4)5)18-13(21)9-25-14-10(2)19-20(6)11(14)3/h12H,7-9H2,1-6H3,(H,18,21)(H,22,23). The maximum absolute atomic E-state index is 12.3. The van der Waals surface area contributed by atoms with E-state index in [0.717, 1.165) is 5.69 Å². The van der Waals surface area contributed by atoms with Crippen LogP contribution in [0, 0.1) is 19.3 Å². The lowest BCUT2D eigenvalue weighted by Crippen LogP contribution is -2.76. The second-order valence-electron chi connectivity index (χ2n) is 7.04. The summed E-state index contributed by atoms with van der Waals surface area (Å²) in [7, 11) is 1.79. The molecule has 1 heterocycles. The third-order valence-electron chi connectivity index (χ3n) is 5.27. The van der Waals surface area contributed by atoms with Crippen LogP contribution in [0.3, 0.4) is 0 Å². The maximum Gasteiger partial charge on any atom is 0.330 e. The van der Waals surface area contributed by atoms with Crippen molar-refractivity contribution < 1.29 is 24.2 Å². The number of carboxylic acid groups (broad SMARTS) is 1. The molecule has 8 heteroatoms. The summed E-state index contributed by atoms with van der Waals surface area (Å²) < 4.78 is 12.8. The molecule has 2 N–H and O–H groups in total. The smallest absolute Gasteiger partial charge is 0.330 e. The number of rotatable bonds is 7. The van der Waals surface area contributed by atoms with Gasteiger partial charge in [0.2, 0.25) is 0 Å². The van der Waals surface area contributed by atoms with Crippen LogP contribution < -0.4 is 10.1 Å². The van der Waals surface area contributed by atoms with Crippen molar-refractivity contribution in [1.82, 2.24) is 15.1 Å². The van der Waals surface area contributed by atoms with Crippen LogP contribution in [0.1, 0.15) is 38.6 Å². The Morgan fingerprint density at radius 3 is 2.48 bits per heavy atom. The van der Waals surface area contributed by atoms with Crippen molar-refractivity contribution in [3.8, 4) is 5.75 Å². The molecule has 8 nitrogen and oxygen atoms in total. The molecule has 0 bridgehead atoms. The Morgan fingerprint density at radius 1 is 1.40 bits per heavy atom. The van der Waals surface area contributed by atoms with Gasteiger partial charge in [-0.3, -0.25) is 9.48 Å². The van der Waals surface area contributed by atoms with Gasteiger partial charge in [-0.25, -0.2) is 4.79 Å². The number of hydrogen-bond donors (Lipinski definition) is 2. The average Bonchev–Trinajstić information content (AvgIpc) is 2.76. The second-order valence-corrected chi connectivity index (χ2v) is 7.04. The van der Waals surface area contributed by atoms with Crippen molar-refractivity contribution in [1.29, 1.82) is 0 Å². The number of ether oxygens (including phenoxy) is 2. The fourth-order valence-electron chi connectivity index (χ4n) is 3.41. The lowest BCUT2D eigenvalue weighted by Gasteiger charge is -2.58. The summed E-state index contributed by atoms with van der Waals surface area (Å²) in [5, 5.41) is 16.6. The zero-order chi connectivity index (χ0) is 19.0. The highest BCUT2D eigenvalue weighted by atomic mass is 16.5. The summed E-state index contributed by atoms with van der Waals surface area (Å²) in [6.07, 6.45) is 0.0254. The summed E-state index contributed by atoms with van der Waals surface area (Å²) in [6, 6.07) is 0. The van der Waals surface area contributed by atoms with Gasteiger partial charge in [-0.2, -0.15) is 5.10 Å². The fourth-order valence-corrected chi connectivity index (χ4v) is 3.41. The number of carbonyl (C=O) groups excluding carboxylic acids is 1. The first-order chi connectivity index (χ1) is 11.6. The number of nitrogens with zero attached hydrogens (tertiary/aromatic N) is 2. The molecule has 1 aromatic heterocycles. The minimum atomic E-state index is -1.35. The molecule has 1 fully saturated rings. The molecule has 1 aliphatic carbocycles. The van der Waals surface area contributed by atoms with Crippen LogP contribution in [0.5, 0.6) is 5.75 Å². The van der Waals surface area contributed by atoms with E-state index in [1.54, 1.807) is 32.5 Å². The Balaban J connectivity index is 2.06. The lowest BCUT2D eigenvalue weighted by atomic mass is 9.54. The topological polar surface area (TPSA) is 103 Å². The van der Waals surface area contributed by atoms with Gasteiger partial charge in [-0.05, 0) is 20.8 Å². The van der Waals surface area contributed by atoms with Crippen molar-refractivity contribution in [3.05, 3.63) is 11.4 Å². The largest absolute Gasteiger partial charge is 0.480 e. The molecule has 0 aromatic carbocycles. The molecule has 1 aromatic rings. The van der Waals surface area contributed by atoms with Crippen LogP contribution in [0.25, 0.3) is 0 Å². The Bertz CT molecular complexity index is 682. The highest BCUT2D eigenvalue weighted by Gasteiger charge is 2.66. The zero-order valence-corrected chi connectivity index (χ0v) is 15.7. The SMILES string of the molecule is CCOC1CC(NC(=O)COc2c(C)nn(C)c2C)(C(=O)O)C1(C)C. The third kappa shape index (κ3) is 3.10. The molecule has 0 saturated heterocycles. The van der Waals surface area contributed by atoms with E-state index in [1.165, 1.54) is 0 Å². The molecule has 1 saturated carbocycles. The minimum absolute atomic E-state index is 0.211. The highest BCUT2D eigenvalue weighted by Crippen LogP contribution is 2.51. The van der Waals surface area contributed by atoms with Crippen molar-refractivity contribution in [2.24, 2.45) is 12.5 Å². The molecule has 140 valence electrons. The zero-order valence-electron chi connectivity index (χ0n) is 15.7. The van der Waals surface area contributed by atoms with Gasteiger partial charge in [-0.1, -0.05) is 13.8 Å².